The molecular formula is C10H20O2. The maximum absolute atomic E-state index is 4.86. The molecule has 0 bridgehead atoms. The van der Waals surface area contributed by atoms with Gasteiger partial charge in [0.15, 0.2) is 0 Å². The lowest BCUT2D eigenvalue weighted by atomic mass is 10.6. The Morgan fingerprint density at radius 1 is 1.00 bits per heavy atom. The molecule has 0 spiro atoms. The fraction of sp³-hybridized carbons (Fsp3) is 0.600. The van der Waals surface area contributed by atoms with Crippen molar-refractivity contribution in [2.75, 3.05) is 13.2 Å². The second kappa shape index (κ2) is 10.2. The smallest absolute Gasteiger partial charge is 0.0933 e. The molecule has 0 unspecified atom stereocenters. The quantitative estimate of drug-likeness (QED) is 0.607. The summed E-state index contributed by atoms with van der Waals surface area (Å²) in [7, 11) is 0. The van der Waals surface area contributed by atoms with Crippen molar-refractivity contribution in [1.82, 2.24) is 0 Å². The van der Waals surface area contributed by atoms with Crippen LogP contribution in [0.3, 0.4) is 0 Å². The summed E-state index contributed by atoms with van der Waals surface area (Å²) in [5.74, 6) is 1.38. The molecule has 0 atom stereocenters. The zero-order chi connectivity index (χ0) is 9.98. The molecule has 0 aliphatic heterocycles. The van der Waals surface area contributed by atoms with Gasteiger partial charge in [0.2, 0.25) is 0 Å². The van der Waals surface area contributed by atoms with Crippen LogP contribution >= 0.6 is 0 Å². The van der Waals surface area contributed by atoms with Gasteiger partial charge in [-0.3, -0.25) is 0 Å². The topological polar surface area (TPSA) is 18.5 Å². The van der Waals surface area contributed by atoms with Gasteiger partial charge in [-0.2, -0.15) is 0 Å². The average Bonchev–Trinajstić information content (AvgIpc) is 1.87. The Morgan fingerprint density at radius 2 is 1.33 bits per heavy atom. The van der Waals surface area contributed by atoms with Gasteiger partial charge >= 0.3 is 0 Å². The Bertz CT molecular complexity index is 114. The van der Waals surface area contributed by atoms with E-state index in [0.29, 0.717) is 11.5 Å². The van der Waals surface area contributed by atoms with Crippen molar-refractivity contribution in [3.63, 3.8) is 0 Å². The summed E-state index contributed by atoms with van der Waals surface area (Å²) in [6, 6.07) is 0. The van der Waals surface area contributed by atoms with E-state index in [4.69, 9.17) is 9.47 Å². The van der Waals surface area contributed by atoms with Gasteiger partial charge in [-0.25, -0.2) is 0 Å². The Kier molecular flexibility index (Phi) is 11.8. The van der Waals surface area contributed by atoms with Gasteiger partial charge in [-0.05, 0) is 27.7 Å². The van der Waals surface area contributed by atoms with E-state index in [9.17, 15) is 0 Å². The van der Waals surface area contributed by atoms with E-state index in [1.54, 1.807) is 13.8 Å². The monoisotopic (exact) mass is 172 g/mol. The van der Waals surface area contributed by atoms with Crippen molar-refractivity contribution in [3.8, 4) is 0 Å². The molecule has 0 saturated heterocycles. The number of rotatable bonds is 4. The summed E-state index contributed by atoms with van der Waals surface area (Å²) >= 11 is 0. The van der Waals surface area contributed by atoms with Gasteiger partial charge in [0.1, 0.15) is 0 Å². The molecule has 0 aromatic heterocycles. The third-order valence-corrected chi connectivity index (χ3v) is 0.757. The standard InChI is InChI=1S/C6H10O.C4H10O/c1-5(2)7-6(3)4;1-3-5-4-2/h1,3H2,2,4H3;3-4H2,1-2H3. The van der Waals surface area contributed by atoms with Crippen LogP contribution < -0.4 is 0 Å². The number of ether oxygens (including phenoxy) is 2. The average molecular weight is 172 g/mol. The largest absolute Gasteiger partial charge is 0.468 e. The highest BCUT2D eigenvalue weighted by Crippen LogP contribution is 1.97. The van der Waals surface area contributed by atoms with Gasteiger partial charge in [0, 0.05) is 13.2 Å². The van der Waals surface area contributed by atoms with Gasteiger partial charge < -0.3 is 9.47 Å². The first-order valence-corrected chi connectivity index (χ1v) is 4.11. The van der Waals surface area contributed by atoms with Crippen molar-refractivity contribution in [2.24, 2.45) is 0 Å². The molecule has 0 amide bonds. The first-order chi connectivity index (χ1) is 5.54. The zero-order valence-corrected chi connectivity index (χ0v) is 8.64. The molecular weight excluding hydrogens is 152 g/mol. The van der Waals surface area contributed by atoms with Crippen LogP contribution in [-0.2, 0) is 9.47 Å². The van der Waals surface area contributed by atoms with Crippen LogP contribution in [0.4, 0.5) is 0 Å². The summed E-state index contributed by atoms with van der Waals surface area (Å²) in [5.41, 5.74) is 0. The van der Waals surface area contributed by atoms with Crippen molar-refractivity contribution in [2.45, 2.75) is 27.7 Å². The second-order valence-corrected chi connectivity index (χ2v) is 2.29. The molecule has 0 rings (SSSR count). The van der Waals surface area contributed by atoms with Crippen LogP contribution in [0.25, 0.3) is 0 Å². The normalized spacial score (nSPS) is 8.00. The van der Waals surface area contributed by atoms with E-state index in [-0.39, 0.29) is 0 Å². The molecule has 0 radical (unpaired) electrons. The van der Waals surface area contributed by atoms with Crippen molar-refractivity contribution >= 4 is 0 Å². The van der Waals surface area contributed by atoms with Crippen LogP contribution in [0.1, 0.15) is 27.7 Å². The predicted molar refractivity (Wildman–Crippen MR) is 52.9 cm³/mol. The minimum Gasteiger partial charge on any atom is -0.468 e. The lowest BCUT2D eigenvalue weighted by molar-refractivity contribution is 0.162. The molecule has 0 fully saturated rings. The summed E-state index contributed by atoms with van der Waals surface area (Å²) in [4.78, 5) is 0. The summed E-state index contributed by atoms with van der Waals surface area (Å²) in [6.45, 7) is 16.3. The number of hydrogen-bond acceptors (Lipinski definition) is 2. The lowest BCUT2D eigenvalue weighted by Crippen LogP contribution is -1.84. The fourth-order valence-electron chi connectivity index (χ4n) is 0.502. The van der Waals surface area contributed by atoms with Gasteiger partial charge in [-0.1, -0.05) is 13.2 Å². The first-order valence-electron chi connectivity index (χ1n) is 4.11. The third kappa shape index (κ3) is 22.8. The summed E-state index contributed by atoms with van der Waals surface area (Å²) < 4.78 is 9.69. The highest BCUT2D eigenvalue weighted by Gasteiger charge is 1.80. The van der Waals surface area contributed by atoms with E-state index < -0.39 is 0 Å². The van der Waals surface area contributed by atoms with E-state index in [2.05, 4.69) is 13.2 Å². The molecule has 2 heteroatoms. The minimum atomic E-state index is 0.688. The van der Waals surface area contributed by atoms with Gasteiger partial charge in [0.05, 0.1) is 11.5 Å². The molecule has 0 aliphatic carbocycles. The number of allylic oxidation sites excluding steroid dienone is 2. The Morgan fingerprint density at radius 3 is 1.33 bits per heavy atom. The summed E-state index contributed by atoms with van der Waals surface area (Å²) in [5, 5.41) is 0. The van der Waals surface area contributed by atoms with Crippen LogP contribution in [0, 0.1) is 0 Å². The van der Waals surface area contributed by atoms with E-state index in [1.165, 1.54) is 0 Å². The van der Waals surface area contributed by atoms with Crippen LogP contribution in [0.5, 0.6) is 0 Å². The van der Waals surface area contributed by atoms with E-state index in [0.717, 1.165) is 13.2 Å². The molecule has 2 nitrogen and oxygen atoms in total. The molecule has 0 aromatic carbocycles. The highest BCUT2D eigenvalue weighted by molar-refractivity contribution is 4.85. The first kappa shape index (κ1) is 13.8. The molecule has 72 valence electrons. The van der Waals surface area contributed by atoms with Crippen molar-refractivity contribution in [1.29, 1.82) is 0 Å². The second-order valence-electron chi connectivity index (χ2n) is 2.29. The number of hydrogen-bond donors (Lipinski definition) is 0. The lowest BCUT2D eigenvalue weighted by Gasteiger charge is -1.99. The van der Waals surface area contributed by atoms with Crippen LogP contribution in [0.2, 0.25) is 0 Å². The maximum atomic E-state index is 4.86. The third-order valence-electron chi connectivity index (χ3n) is 0.757. The molecule has 12 heavy (non-hydrogen) atoms. The minimum absolute atomic E-state index is 0.688. The van der Waals surface area contributed by atoms with Crippen LogP contribution in [0.15, 0.2) is 24.7 Å². The Balaban J connectivity index is 0. The van der Waals surface area contributed by atoms with Gasteiger partial charge in [0.25, 0.3) is 0 Å². The summed E-state index contributed by atoms with van der Waals surface area (Å²) in [6.07, 6.45) is 0. The maximum Gasteiger partial charge on any atom is 0.0933 e. The Labute approximate surface area is 75.9 Å². The fourth-order valence-corrected chi connectivity index (χ4v) is 0.502. The molecule has 0 aromatic rings. The van der Waals surface area contributed by atoms with E-state index in [1.807, 2.05) is 13.8 Å². The van der Waals surface area contributed by atoms with E-state index >= 15 is 0 Å². The highest BCUT2D eigenvalue weighted by atomic mass is 16.5. The molecule has 0 saturated carbocycles. The zero-order valence-electron chi connectivity index (χ0n) is 8.64. The molecule has 0 heterocycles. The van der Waals surface area contributed by atoms with Crippen molar-refractivity contribution < 1.29 is 9.47 Å². The van der Waals surface area contributed by atoms with Gasteiger partial charge in [-0.15, -0.1) is 0 Å². The molecule has 0 N–H and O–H groups in total. The predicted octanol–water partition coefficient (Wildman–Crippen LogP) is 3.11. The SMILES string of the molecule is C=C(C)OC(=C)C.CCOCC. The van der Waals surface area contributed by atoms with Crippen LogP contribution in [-0.4, -0.2) is 13.2 Å². The molecule has 0 aliphatic rings. The Hall–Kier alpha value is -0.760. The van der Waals surface area contributed by atoms with Crippen molar-refractivity contribution in [3.05, 3.63) is 24.7 Å².